The SMILES string of the molecule is Cc1ccc(N2C(=O)C[C@H](N3CCN(c4nc5ccccc5s4)CC3)C2=O)c(C)c1. The van der Waals surface area contributed by atoms with E-state index in [1.165, 1.54) is 9.60 Å². The van der Waals surface area contributed by atoms with Gasteiger partial charge in [-0.25, -0.2) is 9.88 Å². The van der Waals surface area contributed by atoms with E-state index < -0.39 is 0 Å². The summed E-state index contributed by atoms with van der Waals surface area (Å²) in [4.78, 5) is 36.5. The van der Waals surface area contributed by atoms with Crippen LogP contribution in [0.25, 0.3) is 10.2 Å². The first kappa shape index (κ1) is 19.2. The first-order valence-corrected chi connectivity index (χ1v) is 11.1. The van der Waals surface area contributed by atoms with E-state index in [2.05, 4.69) is 15.9 Å². The van der Waals surface area contributed by atoms with Crippen molar-refractivity contribution in [2.45, 2.75) is 26.3 Å². The molecular formula is C23H24N4O2S. The average Bonchev–Trinajstić information content (AvgIpc) is 3.30. The third-order valence-corrected chi connectivity index (χ3v) is 7.12. The van der Waals surface area contributed by atoms with Crippen LogP contribution < -0.4 is 9.80 Å². The lowest BCUT2D eigenvalue weighted by atomic mass is 10.1. The van der Waals surface area contributed by atoms with Crippen LogP contribution in [0.1, 0.15) is 17.5 Å². The quantitative estimate of drug-likeness (QED) is 0.608. The summed E-state index contributed by atoms with van der Waals surface area (Å²) in [5.74, 6) is -0.203. The van der Waals surface area contributed by atoms with Crippen LogP contribution in [0.15, 0.2) is 42.5 Å². The molecule has 154 valence electrons. The summed E-state index contributed by atoms with van der Waals surface area (Å²) in [5.41, 5.74) is 3.82. The van der Waals surface area contributed by atoms with Crippen molar-refractivity contribution in [3.8, 4) is 0 Å². The number of aryl methyl sites for hydroxylation is 2. The molecule has 2 fully saturated rings. The van der Waals surface area contributed by atoms with Crippen molar-refractivity contribution < 1.29 is 9.59 Å². The first-order valence-electron chi connectivity index (χ1n) is 10.3. The van der Waals surface area contributed by atoms with E-state index in [9.17, 15) is 9.59 Å². The summed E-state index contributed by atoms with van der Waals surface area (Å²) < 4.78 is 1.19. The third kappa shape index (κ3) is 3.28. The summed E-state index contributed by atoms with van der Waals surface area (Å²) in [7, 11) is 0. The molecule has 3 aromatic rings. The second kappa shape index (κ2) is 7.49. The van der Waals surface area contributed by atoms with E-state index in [0.29, 0.717) is 5.69 Å². The minimum absolute atomic E-state index is 0.0969. The molecular weight excluding hydrogens is 396 g/mol. The van der Waals surface area contributed by atoms with Crippen molar-refractivity contribution in [1.82, 2.24) is 9.88 Å². The van der Waals surface area contributed by atoms with Gasteiger partial charge in [-0.2, -0.15) is 0 Å². The topological polar surface area (TPSA) is 56.8 Å². The molecule has 2 aliphatic rings. The molecule has 30 heavy (non-hydrogen) atoms. The van der Waals surface area contributed by atoms with Gasteiger partial charge in [-0.3, -0.25) is 14.5 Å². The number of benzene rings is 2. The van der Waals surface area contributed by atoms with Crippen LogP contribution in [0.4, 0.5) is 10.8 Å². The molecule has 1 aromatic heterocycles. The highest BCUT2D eigenvalue weighted by molar-refractivity contribution is 7.22. The van der Waals surface area contributed by atoms with Gasteiger partial charge in [0.15, 0.2) is 5.13 Å². The molecule has 0 bridgehead atoms. The molecule has 3 heterocycles. The first-order chi connectivity index (χ1) is 14.5. The Hall–Kier alpha value is -2.77. The maximum absolute atomic E-state index is 13.2. The average molecular weight is 421 g/mol. The van der Waals surface area contributed by atoms with Gasteiger partial charge in [0.1, 0.15) is 0 Å². The number of anilines is 2. The van der Waals surface area contributed by atoms with Crippen molar-refractivity contribution in [2.75, 3.05) is 36.0 Å². The zero-order valence-electron chi connectivity index (χ0n) is 17.2. The van der Waals surface area contributed by atoms with E-state index in [0.717, 1.165) is 48.0 Å². The number of aromatic nitrogens is 1. The van der Waals surface area contributed by atoms with Crippen LogP contribution in [-0.2, 0) is 9.59 Å². The van der Waals surface area contributed by atoms with E-state index in [-0.39, 0.29) is 24.3 Å². The number of para-hydroxylation sites is 1. The largest absolute Gasteiger partial charge is 0.345 e. The van der Waals surface area contributed by atoms with Gasteiger partial charge in [-0.05, 0) is 37.6 Å². The number of thiazole rings is 1. The summed E-state index contributed by atoms with van der Waals surface area (Å²) in [6, 6.07) is 13.7. The molecule has 7 heteroatoms. The lowest BCUT2D eigenvalue weighted by Gasteiger charge is -2.36. The minimum Gasteiger partial charge on any atom is -0.345 e. The van der Waals surface area contributed by atoms with Gasteiger partial charge in [0.2, 0.25) is 5.91 Å². The molecule has 2 aromatic carbocycles. The number of hydrogen-bond donors (Lipinski definition) is 0. The van der Waals surface area contributed by atoms with Gasteiger partial charge in [-0.15, -0.1) is 0 Å². The van der Waals surface area contributed by atoms with E-state index in [4.69, 9.17) is 4.98 Å². The van der Waals surface area contributed by atoms with Crippen LogP contribution in [0, 0.1) is 13.8 Å². The van der Waals surface area contributed by atoms with Gasteiger partial charge in [0, 0.05) is 26.2 Å². The highest BCUT2D eigenvalue weighted by Crippen LogP contribution is 2.32. The molecule has 0 spiro atoms. The maximum Gasteiger partial charge on any atom is 0.251 e. The van der Waals surface area contributed by atoms with Gasteiger partial charge in [0.05, 0.1) is 28.4 Å². The molecule has 2 amide bonds. The number of amides is 2. The smallest absolute Gasteiger partial charge is 0.251 e. The van der Waals surface area contributed by atoms with Crippen molar-refractivity contribution in [2.24, 2.45) is 0 Å². The van der Waals surface area contributed by atoms with E-state index in [1.54, 1.807) is 11.3 Å². The maximum atomic E-state index is 13.2. The fourth-order valence-corrected chi connectivity index (χ4v) is 5.45. The molecule has 0 N–H and O–H groups in total. The van der Waals surface area contributed by atoms with Crippen LogP contribution in [0.3, 0.4) is 0 Å². The molecule has 0 aliphatic carbocycles. The Bertz CT molecular complexity index is 1100. The monoisotopic (exact) mass is 420 g/mol. The predicted octanol–water partition coefficient (Wildman–Crippen LogP) is 3.37. The second-order valence-electron chi connectivity index (χ2n) is 8.06. The fraction of sp³-hybridized carbons (Fsp3) is 0.348. The highest BCUT2D eigenvalue weighted by Gasteiger charge is 2.43. The van der Waals surface area contributed by atoms with Crippen LogP contribution >= 0.6 is 11.3 Å². The van der Waals surface area contributed by atoms with Crippen molar-refractivity contribution >= 4 is 44.2 Å². The molecule has 1 atom stereocenters. The van der Waals surface area contributed by atoms with Crippen molar-refractivity contribution in [3.63, 3.8) is 0 Å². The standard InChI is InChI=1S/C23H24N4O2S/c1-15-7-8-18(16(2)13-15)27-21(28)14-19(22(27)29)25-9-11-26(12-10-25)23-24-17-5-3-4-6-20(17)30-23/h3-8,13,19H,9-12,14H2,1-2H3/t19-/m0/s1. The number of fused-ring (bicyclic) bond motifs is 1. The summed E-state index contributed by atoms with van der Waals surface area (Å²) in [6.07, 6.45) is 0.257. The minimum atomic E-state index is -0.365. The predicted molar refractivity (Wildman–Crippen MR) is 120 cm³/mol. The highest BCUT2D eigenvalue weighted by atomic mass is 32.1. The fourth-order valence-electron chi connectivity index (χ4n) is 4.43. The van der Waals surface area contributed by atoms with E-state index >= 15 is 0 Å². The van der Waals surface area contributed by atoms with Crippen LogP contribution in [0.5, 0.6) is 0 Å². The van der Waals surface area contributed by atoms with Crippen molar-refractivity contribution in [3.05, 3.63) is 53.6 Å². The van der Waals surface area contributed by atoms with E-state index in [1.807, 2.05) is 50.2 Å². The van der Waals surface area contributed by atoms with Gasteiger partial charge < -0.3 is 4.90 Å². The van der Waals surface area contributed by atoms with Gasteiger partial charge >= 0.3 is 0 Å². The molecule has 0 radical (unpaired) electrons. The molecule has 0 unspecified atom stereocenters. The van der Waals surface area contributed by atoms with Crippen LogP contribution in [-0.4, -0.2) is 53.9 Å². The number of carbonyl (C=O) groups is 2. The molecule has 0 saturated carbocycles. The Balaban J connectivity index is 1.29. The Kier molecular flexibility index (Phi) is 4.79. The van der Waals surface area contributed by atoms with Crippen LogP contribution in [0.2, 0.25) is 0 Å². The summed E-state index contributed by atoms with van der Waals surface area (Å²) >= 11 is 1.71. The summed E-state index contributed by atoms with van der Waals surface area (Å²) in [5, 5.41) is 1.03. The Labute approximate surface area is 179 Å². The zero-order valence-corrected chi connectivity index (χ0v) is 18.0. The molecule has 2 saturated heterocycles. The lowest BCUT2D eigenvalue weighted by Crippen LogP contribution is -2.52. The Morgan fingerprint density at radius 3 is 2.50 bits per heavy atom. The lowest BCUT2D eigenvalue weighted by molar-refractivity contribution is -0.123. The Morgan fingerprint density at radius 2 is 1.77 bits per heavy atom. The van der Waals surface area contributed by atoms with Gasteiger partial charge in [0.25, 0.3) is 5.91 Å². The second-order valence-corrected chi connectivity index (χ2v) is 9.07. The summed E-state index contributed by atoms with van der Waals surface area (Å²) in [6.45, 7) is 7.08. The Morgan fingerprint density at radius 1 is 1.00 bits per heavy atom. The number of carbonyl (C=O) groups excluding carboxylic acids is 2. The third-order valence-electron chi connectivity index (χ3n) is 6.02. The molecule has 6 nitrogen and oxygen atoms in total. The molecule has 2 aliphatic heterocycles. The zero-order chi connectivity index (χ0) is 20.8. The number of piperazine rings is 1. The normalized spacial score (nSPS) is 20.5. The number of imide groups is 1. The number of rotatable bonds is 3. The van der Waals surface area contributed by atoms with Crippen molar-refractivity contribution in [1.29, 1.82) is 0 Å². The number of nitrogens with zero attached hydrogens (tertiary/aromatic N) is 4. The number of hydrogen-bond acceptors (Lipinski definition) is 6. The molecule has 5 rings (SSSR count). The van der Waals surface area contributed by atoms with Gasteiger partial charge in [-0.1, -0.05) is 41.2 Å².